The molecule has 29 heavy (non-hydrogen) atoms. The van der Waals surface area contributed by atoms with Crippen LogP contribution in [0.1, 0.15) is 39.4 Å². The van der Waals surface area contributed by atoms with Gasteiger partial charge in [-0.1, -0.05) is 11.8 Å². The summed E-state index contributed by atoms with van der Waals surface area (Å²) in [6.07, 6.45) is 1.53. The number of hydrogen-bond acceptors (Lipinski definition) is 9. The van der Waals surface area contributed by atoms with Crippen molar-refractivity contribution in [3.63, 3.8) is 0 Å². The van der Waals surface area contributed by atoms with Gasteiger partial charge in [-0.3, -0.25) is 14.7 Å². The van der Waals surface area contributed by atoms with Gasteiger partial charge in [0.25, 0.3) is 0 Å². The lowest BCUT2D eigenvalue weighted by Gasteiger charge is -2.06. The Morgan fingerprint density at radius 3 is 2.83 bits per heavy atom. The fraction of sp³-hybridized carbons (Fsp3) is 0.278. The minimum Gasteiger partial charge on any atom is -0.462 e. The number of carbonyl (C=O) groups excluding carboxylic acids is 3. The monoisotopic (exact) mass is 434 g/mol. The quantitative estimate of drug-likeness (QED) is 0.313. The van der Waals surface area contributed by atoms with Crippen molar-refractivity contribution in [3.05, 3.63) is 34.4 Å². The van der Waals surface area contributed by atoms with Crippen molar-refractivity contribution in [2.45, 2.75) is 25.9 Å². The zero-order chi connectivity index (χ0) is 21.0. The van der Waals surface area contributed by atoms with Gasteiger partial charge in [0.15, 0.2) is 17.4 Å². The number of H-pyrrole nitrogens is 1. The van der Waals surface area contributed by atoms with Crippen molar-refractivity contribution in [1.82, 2.24) is 15.2 Å². The zero-order valence-electron chi connectivity index (χ0n) is 15.9. The Balaban J connectivity index is 1.69. The van der Waals surface area contributed by atoms with Crippen LogP contribution in [0.25, 0.3) is 11.6 Å². The summed E-state index contributed by atoms with van der Waals surface area (Å²) in [4.78, 5) is 41.2. The molecule has 0 saturated carbocycles. The summed E-state index contributed by atoms with van der Waals surface area (Å²) in [6, 6.07) is 3.47. The number of esters is 1. The lowest BCUT2D eigenvalue weighted by Crippen LogP contribution is -2.16. The SMILES string of the molecule is CCOC(=O)c1c(NC(=O)CSc2n[nH]c(-c3ccco3)n2)sc(C(C)=O)c1C. The summed E-state index contributed by atoms with van der Waals surface area (Å²) in [5.74, 6) is -0.0975. The van der Waals surface area contributed by atoms with Gasteiger partial charge in [-0.25, -0.2) is 4.79 Å². The Hall–Kier alpha value is -2.92. The number of amides is 1. The first-order chi connectivity index (χ1) is 13.9. The van der Waals surface area contributed by atoms with Crippen molar-refractivity contribution in [3.8, 4) is 11.6 Å². The number of nitrogens with zero attached hydrogens (tertiary/aromatic N) is 2. The van der Waals surface area contributed by atoms with Crippen LogP contribution in [0.15, 0.2) is 28.0 Å². The zero-order valence-corrected chi connectivity index (χ0v) is 17.5. The van der Waals surface area contributed by atoms with Gasteiger partial charge in [-0.2, -0.15) is 4.98 Å². The topological polar surface area (TPSA) is 127 Å². The van der Waals surface area contributed by atoms with E-state index in [4.69, 9.17) is 9.15 Å². The number of rotatable bonds is 8. The summed E-state index contributed by atoms with van der Waals surface area (Å²) in [6.45, 7) is 4.95. The van der Waals surface area contributed by atoms with Crippen molar-refractivity contribution in [2.24, 2.45) is 0 Å². The molecular formula is C18H18N4O5S2. The van der Waals surface area contributed by atoms with Gasteiger partial charge in [-0.05, 0) is 38.5 Å². The summed E-state index contributed by atoms with van der Waals surface area (Å²) in [7, 11) is 0. The molecule has 0 unspecified atom stereocenters. The van der Waals surface area contributed by atoms with Crippen LogP contribution in [0, 0.1) is 6.92 Å². The molecule has 0 atom stereocenters. The summed E-state index contributed by atoms with van der Waals surface area (Å²) in [5.41, 5.74) is 0.708. The van der Waals surface area contributed by atoms with Crippen LogP contribution in [0.4, 0.5) is 5.00 Å². The molecule has 0 aliphatic rings. The minimum atomic E-state index is -0.575. The smallest absolute Gasteiger partial charge is 0.341 e. The number of hydrogen-bond donors (Lipinski definition) is 2. The van der Waals surface area contributed by atoms with E-state index in [2.05, 4.69) is 20.5 Å². The molecule has 3 rings (SSSR count). The van der Waals surface area contributed by atoms with Crippen molar-refractivity contribution in [1.29, 1.82) is 0 Å². The maximum Gasteiger partial charge on any atom is 0.341 e. The predicted octanol–water partition coefficient (Wildman–Crippen LogP) is 3.54. The second-order valence-corrected chi connectivity index (χ2v) is 7.78. The minimum absolute atomic E-state index is 0.0179. The first kappa shape index (κ1) is 20.8. The number of furan rings is 1. The number of aromatic amines is 1. The third-order valence-electron chi connectivity index (χ3n) is 3.75. The third kappa shape index (κ3) is 4.74. The van der Waals surface area contributed by atoms with Gasteiger partial charge < -0.3 is 14.5 Å². The Morgan fingerprint density at radius 1 is 1.38 bits per heavy atom. The normalized spacial score (nSPS) is 10.7. The Morgan fingerprint density at radius 2 is 2.17 bits per heavy atom. The molecular weight excluding hydrogens is 416 g/mol. The van der Waals surface area contributed by atoms with E-state index in [0.717, 1.165) is 23.1 Å². The summed E-state index contributed by atoms with van der Waals surface area (Å²) >= 11 is 2.18. The van der Waals surface area contributed by atoms with Crippen LogP contribution in [-0.2, 0) is 9.53 Å². The first-order valence-corrected chi connectivity index (χ1v) is 10.4. The molecule has 9 nitrogen and oxygen atoms in total. The molecule has 0 spiro atoms. The number of ketones is 1. The molecule has 11 heteroatoms. The number of ether oxygens (including phenoxy) is 1. The van der Waals surface area contributed by atoms with E-state index in [1.54, 1.807) is 26.0 Å². The number of anilines is 1. The van der Waals surface area contributed by atoms with Gasteiger partial charge in [-0.15, -0.1) is 16.4 Å². The van der Waals surface area contributed by atoms with Crippen molar-refractivity contribution < 1.29 is 23.5 Å². The molecule has 0 aliphatic carbocycles. The number of thiophene rings is 1. The van der Waals surface area contributed by atoms with Gasteiger partial charge in [0.2, 0.25) is 11.1 Å². The number of aromatic nitrogens is 3. The largest absolute Gasteiger partial charge is 0.462 e. The Kier molecular flexibility index (Phi) is 6.49. The lowest BCUT2D eigenvalue weighted by molar-refractivity contribution is -0.113. The number of carbonyl (C=O) groups is 3. The Labute approximate surface area is 174 Å². The average Bonchev–Trinajstić information content (AvgIpc) is 3.40. The molecule has 1 amide bonds. The van der Waals surface area contributed by atoms with E-state index in [9.17, 15) is 14.4 Å². The molecule has 0 aliphatic heterocycles. The molecule has 2 N–H and O–H groups in total. The molecule has 3 heterocycles. The second-order valence-electron chi connectivity index (χ2n) is 5.82. The van der Waals surface area contributed by atoms with Gasteiger partial charge in [0.05, 0.1) is 29.1 Å². The summed E-state index contributed by atoms with van der Waals surface area (Å²) < 4.78 is 10.3. The van der Waals surface area contributed by atoms with Crippen LogP contribution in [0.2, 0.25) is 0 Å². The summed E-state index contributed by atoms with van der Waals surface area (Å²) in [5, 5.41) is 10.1. The Bertz CT molecular complexity index is 1040. The standard InChI is InChI=1S/C18H18N4O5S2/c1-4-26-17(25)13-9(2)14(10(3)23)29-16(13)19-12(24)8-28-18-20-15(21-22-18)11-6-5-7-27-11/h5-7H,4,8H2,1-3H3,(H,19,24)(H,20,21,22). The van der Waals surface area contributed by atoms with E-state index in [0.29, 0.717) is 32.2 Å². The van der Waals surface area contributed by atoms with Crippen LogP contribution >= 0.6 is 23.1 Å². The fourth-order valence-electron chi connectivity index (χ4n) is 2.51. The molecule has 152 valence electrons. The number of Topliss-reactive ketones (excluding diaryl/α,β-unsaturated/α-hetero) is 1. The number of thioether (sulfide) groups is 1. The maximum atomic E-state index is 12.4. The van der Waals surface area contributed by atoms with Crippen molar-refractivity contribution in [2.75, 3.05) is 17.7 Å². The van der Waals surface area contributed by atoms with E-state index < -0.39 is 5.97 Å². The molecule has 0 radical (unpaired) electrons. The van der Waals surface area contributed by atoms with E-state index in [1.165, 1.54) is 13.2 Å². The fourth-order valence-corrected chi connectivity index (χ4v) is 4.22. The molecule has 3 aromatic heterocycles. The van der Waals surface area contributed by atoms with E-state index >= 15 is 0 Å². The average molecular weight is 434 g/mol. The van der Waals surface area contributed by atoms with Crippen LogP contribution in [-0.4, -0.2) is 45.2 Å². The van der Waals surface area contributed by atoms with Gasteiger partial charge >= 0.3 is 5.97 Å². The van der Waals surface area contributed by atoms with E-state index in [-0.39, 0.29) is 29.6 Å². The first-order valence-electron chi connectivity index (χ1n) is 8.61. The molecule has 0 saturated heterocycles. The molecule has 3 aromatic rings. The molecule has 0 bridgehead atoms. The van der Waals surface area contributed by atoms with Crippen LogP contribution in [0.5, 0.6) is 0 Å². The highest BCUT2D eigenvalue weighted by atomic mass is 32.2. The highest BCUT2D eigenvalue weighted by molar-refractivity contribution is 7.99. The predicted molar refractivity (Wildman–Crippen MR) is 108 cm³/mol. The second kappa shape index (κ2) is 9.05. The van der Waals surface area contributed by atoms with Crippen LogP contribution < -0.4 is 5.32 Å². The maximum absolute atomic E-state index is 12.4. The van der Waals surface area contributed by atoms with Crippen LogP contribution in [0.3, 0.4) is 0 Å². The van der Waals surface area contributed by atoms with Gasteiger partial charge in [0.1, 0.15) is 5.00 Å². The number of nitrogens with one attached hydrogen (secondary N) is 2. The lowest BCUT2D eigenvalue weighted by atomic mass is 10.1. The van der Waals surface area contributed by atoms with Crippen molar-refractivity contribution >= 4 is 45.8 Å². The molecule has 0 fully saturated rings. The van der Waals surface area contributed by atoms with Gasteiger partial charge in [0, 0.05) is 0 Å². The highest BCUT2D eigenvalue weighted by Gasteiger charge is 2.25. The third-order valence-corrected chi connectivity index (χ3v) is 5.91. The highest BCUT2D eigenvalue weighted by Crippen LogP contribution is 2.34. The molecule has 0 aromatic carbocycles. The van der Waals surface area contributed by atoms with E-state index in [1.807, 2.05) is 0 Å².